The molecule has 0 saturated heterocycles. The van der Waals surface area contributed by atoms with Crippen molar-refractivity contribution in [1.82, 2.24) is 4.57 Å². The van der Waals surface area contributed by atoms with E-state index in [1.165, 1.54) is 4.57 Å². The molecule has 0 aliphatic heterocycles. The number of halogens is 1. The Kier molecular flexibility index (Phi) is 2.03. The fourth-order valence-electron chi connectivity index (χ4n) is 1.47. The van der Waals surface area contributed by atoms with Crippen molar-refractivity contribution in [2.45, 2.75) is 0 Å². The Morgan fingerprint density at radius 2 is 2.21 bits per heavy atom. The number of aromatic hydroxyl groups is 1. The van der Waals surface area contributed by atoms with Crippen LogP contribution < -0.4 is 0 Å². The minimum Gasteiger partial charge on any atom is -0.493 e. The summed E-state index contributed by atoms with van der Waals surface area (Å²) in [6.07, 6.45) is 0. The monoisotopic (exact) mass is 254 g/mol. The van der Waals surface area contributed by atoms with Gasteiger partial charge >= 0.3 is 0 Å². The molecule has 5 heteroatoms. The predicted octanol–water partition coefficient (Wildman–Crippen LogP) is 3.04. The maximum absolute atomic E-state index is 10.5. The highest BCUT2D eigenvalue weighted by Crippen LogP contribution is 2.38. The van der Waals surface area contributed by atoms with Crippen molar-refractivity contribution in [3.05, 3.63) is 27.6 Å². The number of hydrogen-bond acceptors (Lipinski definition) is 3. The minimum absolute atomic E-state index is 0.0869. The molecule has 1 N–H and O–H groups in total. The molecule has 0 spiro atoms. The van der Waals surface area contributed by atoms with E-state index in [1.807, 2.05) is 12.1 Å². The lowest BCUT2D eigenvalue weighted by atomic mass is 10.2. The van der Waals surface area contributed by atoms with Crippen molar-refractivity contribution >= 4 is 32.5 Å². The van der Waals surface area contributed by atoms with Crippen LogP contribution >= 0.6 is 15.9 Å². The Morgan fingerprint density at radius 3 is 2.86 bits per heavy atom. The molecular formula is C9H7BrN2O2. The molecule has 4 nitrogen and oxygen atoms in total. The van der Waals surface area contributed by atoms with E-state index in [9.17, 15) is 10.0 Å². The van der Waals surface area contributed by atoms with E-state index in [0.717, 1.165) is 9.99 Å². The van der Waals surface area contributed by atoms with Gasteiger partial charge in [0.15, 0.2) is 5.69 Å². The molecule has 1 heterocycles. The fourth-order valence-corrected chi connectivity index (χ4v) is 1.83. The summed E-state index contributed by atoms with van der Waals surface area (Å²) in [6, 6.07) is 5.41. The van der Waals surface area contributed by atoms with Crippen LogP contribution in [0, 0.1) is 4.91 Å². The summed E-state index contributed by atoms with van der Waals surface area (Å²) in [5, 5.41) is 13.0. The molecular weight excluding hydrogens is 248 g/mol. The molecule has 0 fully saturated rings. The molecule has 72 valence electrons. The third kappa shape index (κ3) is 1.13. The first-order chi connectivity index (χ1) is 6.65. The zero-order chi connectivity index (χ0) is 10.3. The van der Waals surface area contributed by atoms with E-state index < -0.39 is 0 Å². The van der Waals surface area contributed by atoms with Crippen molar-refractivity contribution < 1.29 is 5.11 Å². The van der Waals surface area contributed by atoms with Gasteiger partial charge in [-0.25, -0.2) is 0 Å². The number of nitroso groups, excluding NO2 is 1. The van der Waals surface area contributed by atoms with Crippen LogP contribution in [0.15, 0.2) is 27.8 Å². The van der Waals surface area contributed by atoms with E-state index >= 15 is 0 Å². The van der Waals surface area contributed by atoms with Crippen molar-refractivity contribution in [3.63, 3.8) is 0 Å². The molecule has 1 aromatic heterocycles. The summed E-state index contributed by atoms with van der Waals surface area (Å²) in [5.41, 5.74) is 0.865. The van der Waals surface area contributed by atoms with Crippen LogP contribution in [0.1, 0.15) is 0 Å². The largest absolute Gasteiger partial charge is 0.493 e. The number of rotatable bonds is 1. The van der Waals surface area contributed by atoms with Gasteiger partial charge in [0.05, 0.1) is 5.52 Å². The molecule has 2 rings (SSSR count). The number of hydrogen-bond donors (Lipinski definition) is 1. The number of aromatic nitrogens is 1. The molecule has 14 heavy (non-hydrogen) atoms. The third-order valence-corrected chi connectivity index (χ3v) is 2.69. The molecule has 2 aromatic rings. The summed E-state index contributed by atoms with van der Waals surface area (Å²) in [7, 11) is 1.68. The molecule has 0 atom stereocenters. The SMILES string of the molecule is Cn1c(O)c(N=O)c2cc(Br)ccc21. The molecule has 1 aromatic carbocycles. The first kappa shape index (κ1) is 9.21. The smallest absolute Gasteiger partial charge is 0.222 e. The van der Waals surface area contributed by atoms with Gasteiger partial charge in [0.25, 0.3) is 0 Å². The summed E-state index contributed by atoms with van der Waals surface area (Å²) >= 11 is 3.29. The molecule has 0 unspecified atom stereocenters. The Morgan fingerprint density at radius 1 is 1.50 bits per heavy atom. The zero-order valence-corrected chi connectivity index (χ0v) is 8.95. The highest BCUT2D eigenvalue weighted by molar-refractivity contribution is 9.10. The van der Waals surface area contributed by atoms with Crippen LogP contribution in [0.3, 0.4) is 0 Å². The normalized spacial score (nSPS) is 10.7. The molecule has 0 amide bonds. The Bertz CT molecular complexity index is 519. The van der Waals surface area contributed by atoms with Crippen LogP contribution in [0.25, 0.3) is 10.9 Å². The van der Waals surface area contributed by atoms with Crippen molar-refractivity contribution in [2.75, 3.05) is 0 Å². The topological polar surface area (TPSA) is 54.6 Å². The standard InChI is InChI=1S/C9H7BrN2O2/c1-12-7-3-2-5(10)4-6(7)8(11-14)9(12)13/h2-4,13H,1H3. The first-order valence-electron chi connectivity index (χ1n) is 3.95. The number of nitrogens with zero attached hydrogens (tertiary/aromatic N) is 2. The Labute approximate surface area is 88.3 Å². The van der Waals surface area contributed by atoms with Gasteiger partial charge in [-0.1, -0.05) is 15.9 Å². The minimum atomic E-state index is -0.104. The number of benzene rings is 1. The lowest BCUT2D eigenvalue weighted by Gasteiger charge is -1.95. The van der Waals surface area contributed by atoms with Gasteiger partial charge in [-0.15, -0.1) is 4.91 Å². The summed E-state index contributed by atoms with van der Waals surface area (Å²) < 4.78 is 2.37. The van der Waals surface area contributed by atoms with Gasteiger partial charge in [0.1, 0.15) is 0 Å². The average Bonchev–Trinajstić information content (AvgIpc) is 2.39. The highest BCUT2D eigenvalue weighted by Gasteiger charge is 2.14. The summed E-state index contributed by atoms with van der Waals surface area (Å²) in [6.45, 7) is 0. The average molecular weight is 255 g/mol. The second-order valence-corrected chi connectivity index (χ2v) is 3.90. The van der Waals surface area contributed by atoms with Crippen LogP contribution in [0.5, 0.6) is 5.88 Å². The predicted molar refractivity (Wildman–Crippen MR) is 57.7 cm³/mol. The van der Waals surface area contributed by atoms with Crippen LogP contribution in [-0.2, 0) is 7.05 Å². The molecule has 0 aliphatic rings. The number of fused-ring (bicyclic) bond motifs is 1. The van der Waals surface area contributed by atoms with Crippen molar-refractivity contribution in [2.24, 2.45) is 12.2 Å². The van der Waals surface area contributed by atoms with Crippen LogP contribution in [0.2, 0.25) is 0 Å². The Balaban J connectivity index is 2.96. The lowest BCUT2D eigenvalue weighted by molar-refractivity contribution is 0.437. The molecule has 0 radical (unpaired) electrons. The van der Waals surface area contributed by atoms with Crippen molar-refractivity contribution in [3.8, 4) is 5.88 Å². The van der Waals surface area contributed by atoms with E-state index in [4.69, 9.17) is 0 Å². The zero-order valence-electron chi connectivity index (χ0n) is 7.36. The lowest BCUT2D eigenvalue weighted by Crippen LogP contribution is -1.84. The van der Waals surface area contributed by atoms with Gasteiger partial charge in [-0.3, -0.25) is 0 Å². The quantitative estimate of drug-likeness (QED) is 0.796. The molecule has 0 saturated carbocycles. The summed E-state index contributed by atoms with van der Waals surface area (Å²) in [4.78, 5) is 10.5. The number of aryl methyl sites for hydroxylation is 1. The van der Waals surface area contributed by atoms with Gasteiger partial charge in [-0.2, -0.15) is 0 Å². The molecule has 0 bridgehead atoms. The maximum atomic E-state index is 10.5. The first-order valence-corrected chi connectivity index (χ1v) is 4.74. The van der Waals surface area contributed by atoms with E-state index in [2.05, 4.69) is 21.1 Å². The Hall–Kier alpha value is -1.36. The summed E-state index contributed by atoms with van der Waals surface area (Å²) in [5.74, 6) is -0.104. The maximum Gasteiger partial charge on any atom is 0.222 e. The highest BCUT2D eigenvalue weighted by atomic mass is 79.9. The second-order valence-electron chi connectivity index (χ2n) is 2.98. The third-order valence-electron chi connectivity index (χ3n) is 2.20. The second kappa shape index (κ2) is 3.09. The fraction of sp³-hybridized carbons (Fsp3) is 0.111. The van der Waals surface area contributed by atoms with Gasteiger partial charge in [-0.05, 0) is 23.4 Å². The van der Waals surface area contributed by atoms with Crippen LogP contribution in [0.4, 0.5) is 5.69 Å². The van der Waals surface area contributed by atoms with E-state index in [1.54, 1.807) is 13.1 Å². The molecule has 0 aliphatic carbocycles. The van der Waals surface area contributed by atoms with Gasteiger partial charge in [0.2, 0.25) is 5.88 Å². The van der Waals surface area contributed by atoms with Crippen LogP contribution in [-0.4, -0.2) is 9.67 Å². The van der Waals surface area contributed by atoms with E-state index in [-0.39, 0.29) is 11.6 Å². The van der Waals surface area contributed by atoms with Crippen molar-refractivity contribution in [1.29, 1.82) is 0 Å². The van der Waals surface area contributed by atoms with Gasteiger partial charge < -0.3 is 9.67 Å². The van der Waals surface area contributed by atoms with Gasteiger partial charge in [0, 0.05) is 16.9 Å². The van der Waals surface area contributed by atoms with E-state index in [0.29, 0.717) is 5.39 Å².